The summed E-state index contributed by atoms with van der Waals surface area (Å²) in [6.45, 7) is 0.848. The Morgan fingerprint density at radius 1 is 1.25 bits per heavy atom. The second-order valence-electron chi connectivity index (χ2n) is 3.32. The zero-order chi connectivity index (χ0) is 11.4. The van der Waals surface area contributed by atoms with Gasteiger partial charge in [-0.25, -0.2) is 13.8 Å². The van der Waals surface area contributed by atoms with E-state index in [9.17, 15) is 8.78 Å². The molecule has 0 atom stereocenters. The smallest absolute Gasteiger partial charge is 0.127 e. The molecule has 0 unspecified atom stereocenters. The molecule has 16 heavy (non-hydrogen) atoms. The third-order valence-corrected chi connectivity index (χ3v) is 2.75. The van der Waals surface area contributed by atoms with Crippen molar-refractivity contribution in [3.05, 3.63) is 52.0 Å². The van der Waals surface area contributed by atoms with Gasteiger partial charge in [0.15, 0.2) is 0 Å². The molecule has 84 valence electrons. The summed E-state index contributed by atoms with van der Waals surface area (Å²) in [4.78, 5) is 4.08. The minimum Gasteiger partial charge on any atom is -0.307 e. The van der Waals surface area contributed by atoms with Gasteiger partial charge in [-0.1, -0.05) is 0 Å². The van der Waals surface area contributed by atoms with Crippen LogP contribution in [0.15, 0.2) is 29.1 Å². The average molecular weight is 240 g/mol. The lowest BCUT2D eigenvalue weighted by Crippen LogP contribution is -2.14. The molecule has 1 heterocycles. The van der Waals surface area contributed by atoms with Gasteiger partial charge in [0.25, 0.3) is 0 Å². The van der Waals surface area contributed by atoms with Crippen LogP contribution in [0.5, 0.6) is 0 Å². The van der Waals surface area contributed by atoms with E-state index >= 15 is 0 Å². The van der Waals surface area contributed by atoms with Gasteiger partial charge < -0.3 is 5.32 Å². The number of halogens is 2. The van der Waals surface area contributed by atoms with E-state index in [0.717, 1.165) is 17.8 Å². The maximum atomic E-state index is 13.2. The molecule has 1 aromatic heterocycles. The molecule has 0 saturated carbocycles. The molecular weight excluding hydrogens is 230 g/mol. The minimum absolute atomic E-state index is 0.293. The van der Waals surface area contributed by atoms with E-state index in [0.29, 0.717) is 18.7 Å². The standard InChI is InChI=1S/C11H10F2N2S/c12-9-1-2-11(13)8(3-9)4-14-5-10-6-16-7-15-10/h1-3,6-7,14H,4-5H2. The number of thiazole rings is 1. The Morgan fingerprint density at radius 3 is 2.88 bits per heavy atom. The summed E-state index contributed by atoms with van der Waals surface area (Å²) in [5.74, 6) is -0.820. The summed E-state index contributed by atoms with van der Waals surface area (Å²) in [5, 5.41) is 4.92. The quantitative estimate of drug-likeness (QED) is 0.888. The fourth-order valence-corrected chi connectivity index (χ4v) is 1.89. The van der Waals surface area contributed by atoms with Crippen LogP contribution in [0.1, 0.15) is 11.3 Å². The van der Waals surface area contributed by atoms with Gasteiger partial charge in [-0.05, 0) is 18.2 Å². The molecule has 0 aliphatic carbocycles. The minimum atomic E-state index is -0.424. The normalized spacial score (nSPS) is 10.6. The Hall–Kier alpha value is -1.33. The molecule has 2 aromatic rings. The van der Waals surface area contributed by atoms with Crippen LogP contribution in [0.25, 0.3) is 0 Å². The van der Waals surface area contributed by atoms with Crippen molar-refractivity contribution in [1.82, 2.24) is 10.3 Å². The van der Waals surface area contributed by atoms with E-state index in [1.807, 2.05) is 5.38 Å². The second kappa shape index (κ2) is 5.14. The Balaban J connectivity index is 1.92. The first-order chi connectivity index (χ1) is 7.75. The van der Waals surface area contributed by atoms with E-state index in [4.69, 9.17) is 0 Å². The predicted octanol–water partition coefficient (Wildman–Crippen LogP) is 2.71. The van der Waals surface area contributed by atoms with Crippen LogP contribution in [-0.4, -0.2) is 4.98 Å². The number of hydrogen-bond donors (Lipinski definition) is 1. The highest BCUT2D eigenvalue weighted by Gasteiger charge is 2.03. The molecule has 0 radical (unpaired) electrons. The monoisotopic (exact) mass is 240 g/mol. The predicted molar refractivity (Wildman–Crippen MR) is 59.0 cm³/mol. The summed E-state index contributed by atoms with van der Waals surface area (Å²) in [7, 11) is 0. The zero-order valence-corrected chi connectivity index (χ0v) is 9.23. The molecule has 0 bridgehead atoms. The van der Waals surface area contributed by atoms with Crippen molar-refractivity contribution in [3.8, 4) is 0 Å². The zero-order valence-electron chi connectivity index (χ0n) is 8.41. The summed E-state index contributed by atoms with van der Waals surface area (Å²) in [5.41, 5.74) is 2.97. The highest BCUT2D eigenvalue weighted by molar-refractivity contribution is 7.07. The van der Waals surface area contributed by atoms with Crippen molar-refractivity contribution in [3.63, 3.8) is 0 Å². The maximum absolute atomic E-state index is 13.2. The molecule has 1 aromatic carbocycles. The molecule has 0 saturated heterocycles. The topological polar surface area (TPSA) is 24.9 Å². The lowest BCUT2D eigenvalue weighted by Gasteiger charge is -2.04. The molecule has 1 N–H and O–H groups in total. The van der Waals surface area contributed by atoms with Crippen LogP contribution in [-0.2, 0) is 13.1 Å². The first-order valence-corrected chi connectivity index (χ1v) is 5.71. The van der Waals surface area contributed by atoms with Gasteiger partial charge in [0.2, 0.25) is 0 Å². The first kappa shape index (κ1) is 11.2. The van der Waals surface area contributed by atoms with Crippen LogP contribution in [0.2, 0.25) is 0 Å². The SMILES string of the molecule is Fc1ccc(F)c(CNCc2cscn2)c1. The number of aromatic nitrogens is 1. The van der Waals surface area contributed by atoms with Gasteiger partial charge >= 0.3 is 0 Å². The average Bonchev–Trinajstić information content (AvgIpc) is 2.76. The van der Waals surface area contributed by atoms with Crippen molar-refractivity contribution in [2.45, 2.75) is 13.1 Å². The van der Waals surface area contributed by atoms with Crippen LogP contribution in [0.3, 0.4) is 0 Å². The van der Waals surface area contributed by atoms with E-state index in [1.165, 1.54) is 17.4 Å². The number of hydrogen-bond acceptors (Lipinski definition) is 3. The molecule has 0 spiro atoms. The molecule has 0 aliphatic rings. The Morgan fingerprint density at radius 2 is 2.12 bits per heavy atom. The molecule has 2 rings (SSSR count). The third kappa shape index (κ3) is 2.84. The molecule has 2 nitrogen and oxygen atoms in total. The van der Waals surface area contributed by atoms with Crippen LogP contribution < -0.4 is 5.32 Å². The maximum Gasteiger partial charge on any atom is 0.127 e. The van der Waals surface area contributed by atoms with Crippen molar-refractivity contribution in [1.29, 1.82) is 0 Å². The molecule has 0 fully saturated rings. The highest BCUT2D eigenvalue weighted by Crippen LogP contribution is 2.09. The van der Waals surface area contributed by atoms with Crippen molar-refractivity contribution in [2.24, 2.45) is 0 Å². The first-order valence-electron chi connectivity index (χ1n) is 4.77. The molecule has 5 heteroatoms. The fourth-order valence-electron chi connectivity index (χ4n) is 1.33. The highest BCUT2D eigenvalue weighted by atomic mass is 32.1. The summed E-state index contributed by atoms with van der Waals surface area (Å²) < 4.78 is 26.1. The molecule has 0 amide bonds. The van der Waals surface area contributed by atoms with Crippen LogP contribution in [0, 0.1) is 11.6 Å². The molecular formula is C11H10F2N2S. The van der Waals surface area contributed by atoms with Gasteiger partial charge in [0, 0.05) is 24.0 Å². The Kier molecular flexibility index (Phi) is 3.58. The van der Waals surface area contributed by atoms with Crippen molar-refractivity contribution < 1.29 is 8.78 Å². The van der Waals surface area contributed by atoms with E-state index in [-0.39, 0.29) is 0 Å². The van der Waals surface area contributed by atoms with Crippen LogP contribution >= 0.6 is 11.3 Å². The summed E-state index contributed by atoms with van der Waals surface area (Å²) >= 11 is 1.51. The van der Waals surface area contributed by atoms with Gasteiger partial charge in [-0.3, -0.25) is 0 Å². The number of rotatable bonds is 4. The Labute approximate surface area is 96.0 Å². The van der Waals surface area contributed by atoms with Crippen molar-refractivity contribution >= 4 is 11.3 Å². The number of nitrogens with one attached hydrogen (secondary N) is 1. The van der Waals surface area contributed by atoms with Gasteiger partial charge in [0.05, 0.1) is 11.2 Å². The van der Waals surface area contributed by atoms with E-state index in [1.54, 1.807) is 5.51 Å². The lowest BCUT2D eigenvalue weighted by atomic mass is 10.2. The number of benzene rings is 1. The largest absolute Gasteiger partial charge is 0.307 e. The van der Waals surface area contributed by atoms with Gasteiger partial charge in [-0.15, -0.1) is 11.3 Å². The number of nitrogens with zero attached hydrogens (tertiary/aromatic N) is 1. The van der Waals surface area contributed by atoms with Crippen LogP contribution in [0.4, 0.5) is 8.78 Å². The summed E-state index contributed by atoms with van der Waals surface area (Å²) in [6, 6.07) is 3.44. The second-order valence-corrected chi connectivity index (χ2v) is 4.04. The summed E-state index contributed by atoms with van der Waals surface area (Å²) in [6.07, 6.45) is 0. The Bertz CT molecular complexity index is 457. The van der Waals surface area contributed by atoms with E-state index < -0.39 is 11.6 Å². The van der Waals surface area contributed by atoms with Gasteiger partial charge in [0.1, 0.15) is 11.6 Å². The van der Waals surface area contributed by atoms with Gasteiger partial charge in [-0.2, -0.15) is 0 Å². The lowest BCUT2D eigenvalue weighted by molar-refractivity contribution is 0.567. The fraction of sp³-hybridized carbons (Fsp3) is 0.182. The third-order valence-electron chi connectivity index (χ3n) is 2.11. The van der Waals surface area contributed by atoms with Crippen molar-refractivity contribution in [2.75, 3.05) is 0 Å². The molecule has 0 aliphatic heterocycles. The van der Waals surface area contributed by atoms with E-state index in [2.05, 4.69) is 10.3 Å².